The average Bonchev–Trinajstić information content (AvgIpc) is 1.62. The number of hydrogen-bond acceptors (Lipinski definition) is 11. The molecule has 0 saturated heterocycles. The van der Waals surface area contributed by atoms with E-state index < -0.39 is 0 Å². The molecule has 11 nitrogen and oxygen atoms in total. The van der Waals surface area contributed by atoms with Crippen LogP contribution in [0, 0.1) is 7.14 Å². The number of hydrogen-bond donors (Lipinski definition) is 5. The minimum atomic E-state index is -0.206. The first-order valence-corrected chi connectivity index (χ1v) is 36.3. The third kappa shape index (κ3) is 17.2. The van der Waals surface area contributed by atoms with Crippen molar-refractivity contribution in [3.8, 4) is 17.2 Å². The fraction of sp³-hybridized carbons (Fsp3) is 0.222. The Bertz CT molecular complexity index is 4190. The SMILES string of the molecule is CCCc1oc2cc(CCCc3ccccc3)ccc2c1C(=O)c1cc(Br)c(O)c(Br)c1.CCCc1oc2cc(CCCc3ccccc3)ccc2c1C(=O)c1cc(I)c(O)c(I)c1.CCCc1oc2cc(CCCc3ccccc3)ccc2c1C(=O)c1cc(N)c(O)c(N)c1. The quantitative estimate of drug-likeness (QED) is 0.0167. The Morgan fingerprint density at radius 2 is 0.656 bits per heavy atom. The number of phenols is 3. The summed E-state index contributed by atoms with van der Waals surface area (Å²) < 4.78 is 20.8. The summed E-state index contributed by atoms with van der Waals surface area (Å²) >= 11 is 10.8. The first kappa shape index (κ1) is 70.8. The van der Waals surface area contributed by atoms with E-state index in [1.807, 2.05) is 49.4 Å². The summed E-state index contributed by atoms with van der Waals surface area (Å²) in [7, 11) is 0. The number of nitrogen functional groups attached to an aromatic ring is 2. The third-order valence-electron chi connectivity index (χ3n) is 16.9. The number of rotatable bonds is 24. The van der Waals surface area contributed by atoms with Crippen molar-refractivity contribution < 1.29 is 43.0 Å². The molecule has 9 aromatic carbocycles. The predicted molar refractivity (Wildman–Crippen MR) is 410 cm³/mol. The van der Waals surface area contributed by atoms with Gasteiger partial charge in [0.15, 0.2) is 23.1 Å². The smallest absolute Gasteiger partial charge is 0.197 e. The van der Waals surface area contributed by atoms with Gasteiger partial charge in [0, 0.05) is 52.1 Å². The summed E-state index contributed by atoms with van der Waals surface area (Å²) in [4.78, 5) is 40.4. The number of carbonyl (C=O) groups excluding carboxylic acids is 3. The minimum Gasteiger partial charge on any atom is -0.506 e. The predicted octanol–water partition coefficient (Wildman–Crippen LogP) is 21.4. The zero-order valence-electron chi connectivity index (χ0n) is 53.9. The van der Waals surface area contributed by atoms with Crippen molar-refractivity contribution in [2.75, 3.05) is 11.5 Å². The van der Waals surface area contributed by atoms with Crippen LogP contribution in [-0.2, 0) is 57.8 Å². The molecule has 0 aliphatic carbocycles. The van der Waals surface area contributed by atoms with E-state index in [0.717, 1.165) is 110 Å². The summed E-state index contributed by atoms with van der Waals surface area (Å²) in [6.07, 6.45) is 13.8. The molecule has 0 fully saturated rings. The molecule has 0 aliphatic rings. The second-order valence-corrected chi connectivity index (χ2v) is 28.1. The molecule has 96 heavy (non-hydrogen) atoms. The van der Waals surface area contributed by atoms with E-state index in [2.05, 4.69) is 194 Å². The largest absolute Gasteiger partial charge is 0.506 e. The van der Waals surface area contributed by atoms with Crippen molar-refractivity contribution in [3.05, 3.63) is 282 Å². The topological polar surface area (TPSA) is 203 Å². The number of benzene rings is 9. The van der Waals surface area contributed by atoms with Crippen LogP contribution in [-0.4, -0.2) is 32.7 Å². The number of fused-ring (bicyclic) bond motifs is 3. The number of ketones is 3. The summed E-state index contributed by atoms with van der Waals surface area (Å²) in [6, 6.07) is 59.6. The van der Waals surface area contributed by atoms with Gasteiger partial charge in [-0.2, -0.15) is 0 Å². The molecule has 0 atom stereocenters. The van der Waals surface area contributed by atoms with Gasteiger partial charge in [-0.15, -0.1) is 0 Å². The Morgan fingerprint density at radius 1 is 0.365 bits per heavy atom. The third-order valence-corrected chi connectivity index (χ3v) is 19.8. The lowest BCUT2D eigenvalue weighted by molar-refractivity contribution is 0.103. The molecule has 3 heterocycles. The van der Waals surface area contributed by atoms with Crippen molar-refractivity contribution in [1.29, 1.82) is 0 Å². The van der Waals surface area contributed by atoms with Crippen molar-refractivity contribution >= 4 is 139 Å². The number of anilines is 2. The Morgan fingerprint density at radius 3 is 0.969 bits per heavy atom. The van der Waals surface area contributed by atoms with Crippen LogP contribution in [0.3, 0.4) is 0 Å². The molecule has 12 aromatic rings. The van der Waals surface area contributed by atoms with Gasteiger partial charge in [0.25, 0.3) is 0 Å². The number of carbonyl (C=O) groups is 3. The lowest BCUT2D eigenvalue weighted by atomic mass is 9.96. The van der Waals surface area contributed by atoms with E-state index in [0.29, 0.717) is 85.8 Å². The van der Waals surface area contributed by atoms with E-state index in [9.17, 15) is 29.7 Å². The molecule has 0 saturated carbocycles. The summed E-state index contributed by atoms with van der Waals surface area (Å²) in [5, 5.41) is 32.4. The number of phenolic OH excluding ortho intramolecular Hbond substituents is 3. The number of aromatic hydroxyl groups is 3. The molecule has 12 rings (SSSR count). The Balaban J connectivity index is 0.000000157. The van der Waals surface area contributed by atoms with Crippen LogP contribution < -0.4 is 11.5 Å². The average molecular weight is 1640 g/mol. The Kier molecular flexibility index (Phi) is 24.6. The van der Waals surface area contributed by atoms with Crippen LogP contribution >= 0.6 is 77.0 Å². The molecule has 0 radical (unpaired) electrons. The van der Waals surface area contributed by atoms with Gasteiger partial charge in [-0.1, -0.05) is 148 Å². The second kappa shape index (κ2) is 33.3. The van der Waals surface area contributed by atoms with Crippen LogP contribution in [0.2, 0.25) is 0 Å². The van der Waals surface area contributed by atoms with Crippen molar-refractivity contribution in [2.45, 2.75) is 117 Å². The second-order valence-electron chi connectivity index (χ2n) is 24.0. The highest BCUT2D eigenvalue weighted by Gasteiger charge is 2.27. The monoisotopic (exact) mass is 1630 g/mol. The van der Waals surface area contributed by atoms with Gasteiger partial charge in [0.1, 0.15) is 45.5 Å². The lowest BCUT2D eigenvalue weighted by Gasteiger charge is -2.07. The van der Waals surface area contributed by atoms with Gasteiger partial charge < -0.3 is 40.0 Å². The van der Waals surface area contributed by atoms with Gasteiger partial charge in [0.2, 0.25) is 0 Å². The zero-order valence-corrected chi connectivity index (χ0v) is 61.4. The Labute approximate surface area is 604 Å². The molecule has 492 valence electrons. The Hall–Kier alpha value is -7.97. The van der Waals surface area contributed by atoms with Gasteiger partial charge in [-0.3, -0.25) is 14.4 Å². The molecule has 7 N–H and O–H groups in total. The van der Waals surface area contributed by atoms with Crippen molar-refractivity contribution in [2.24, 2.45) is 0 Å². The molecule has 0 unspecified atom stereocenters. The lowest BCUT2D eigenvalue weighted by Crippen LogP contribution is -2.06. The van der Waals surface area contributed by atoms with E-state index in [4.69, 9.17) is 24.7 Å². The molecule has 0 spiro atoms. The van der Waals surface area contributed by atoms with Crippen LogP contribution in [0.15, 0.2) is 204 Å². The summed E-state index contributed by atoms with van der Waals surface area (Å²) in [5.74, 6) is 1.85. The molecule has 0 aliphatic heterocycles. The van der Waals surface area contributed by atoms with E-state index >= 15 is 0 Å². The number of halogens is 4. The fourth-order valence-corrected chi connectivity index (χ4v) is 15.0. The molecule has 3 aromatic heterocycles. The van der Waals surface area contributed by atoms with Gasteiger partial charge in [0.05, 0.1) is 44.2 Å². The van der Waals surface area contributed by atoms with Gasteiger partial charge in [-0.25, -0.2) is 0 Å². The number of nitrogens with two attached hydrogens (primary N) is 2. The summed E-state index contributed by atoms with van der Waals surface area (Å²) in [5.41, 5.74) is 24.9. The first-order chi connectivity index (χ1) is 46.4. The maximum absolute atomic E-state index is 13.5. The molecule has 15 heteroatoms. The van der Waals surface area contributed by atoms with Gasteiger partial charge in [-0.05, 0) is 242 Å². The van der Waals surface area contributed by atoms with Crippen LogP contribution in [0.25, 0.3) is 32.9 Å². The normalized spacial score (nSPS) is 11.2. The van der Waals surface area contributed by atoms with E-state index in [1.165, 1.54) is 45.5 Å². The fourth-order valence-electron chi connectivity index (χ4n) is 12.1. The van der Waals surface area contributed by atoms with Crippen LogP contribution in [0.1, 0.15) is 158 Å². The van der Waals surface area contributed by atoms with E-state index in [1.54, 1.807) is 24.3 Å². The van der Waals surface area contributed by atoms with Crippen molar-refractivity contribution in [1.82, 2.24) is 0 Å². The maximum Gasteiger partial charge on any atom is 0.197 e. The zero-order chi connectivity index (χ0) is 68.0. The molecular formula is C81H76Br2I2N2O9. The maximum atomic E-state index is 13.5. The highest BCUT2D eigenvalue weighted by atomic mass is 127. The first-order valence-electron chi connectivity index (χ1n) is 32.6. The highest BCUT2D eigenvalue weighted by Crippen LogP contribution is 2.39. The van der Waals surface area contributed by atoms with Crippen LogP contribution in [0.5, 0.6) is 17.2 Å². The molecule has 0 bridgehead atoms. The van der Waals surface area contributed by atoms with E-state index in [-0.39, 0.29) is 46.0 Å². The minimum absolute atomic E-state index is 0.0557. The number of aryl methyl sites for hydroxylation is 9. The number of furan rings is 3. The van der Waals surface area contributed by atoms with Crippen molar-refractivity contribution in [3.63, 3.8) is 0 Å². The van der Waals surface area contributed by atoms with Crippen LogP contribution in [0.4, 0.5) is 11.4 Å². The standard InChI is InChI=1S/C27H24Br2O3.C27H24I2O3.C27H28N2O3/c3*1-2-7-23-25(26(30)19-15-21(28)27(31)22(29)16-19)20-13-12-18(14-24(20)32-23)11-6-10-17-8-4-3-5-9-17/h2*3-5,8-9,12-16,31H,2,6-7,10-11H2,1H3;3-5,8-9,12-16,31H,2,6-7,10-11,28-29H2,1H3. The summed E-state index contributed by atoms with van der Waals surface area (Å²) in [6.45, 7) is 6.21. The molecule has 0 amide bonds. The highest BCUT2D eigenvalue weighted by molar-refractivity contribution is 14.1. The van der Waals surface area contributed by atoms with Gasteiger partial charge >= 0.3 is 0 Å². The molecular weight excluding hydrogens is 1560 g/mol.